The summed E-state index contributed by atoms with van der Waals surface area (Å²) >= 11 is 1.74. The number of benzene rings is 1. The first-order valence-corrected chi connectivity index (χ1v) is 9.17. The number of nitrogens with zero attached hydrogens (tertiary/aromatic N) is 2. The van der Waals surface area contributed by atoms with E-state index in [0.29, 0.717) is 12.4 Å². The van der Waals surface area contributed by atoms with Gasteiger partial charge < -0.3 is 9.84 Å². The van der Waals surface area contributed by atoms with Gasteiger partial charge in [-0.1, -0.05) is 6.07 Å². The number of fused-ring (bicyclic) bond motifs is 1. The Morgan fingerprint density at radius 3 is 2.96 bits per heavy atom. The topological polar surface area (TPSA) is 45.6 Å². The van der Waals surface area contributed by atoms with Gasteiger partial charge in [0.15, 0.2) is 11.5 Å². The van der Waals surface area contributed by atoms with Crippen LogP contribution in [0.3, 0.4) is 0 Å². The fourth-order valence-electron chi connectivity index (χ4n) is 3.17. The SMILES string of the molecule is Cc1ccc(-c2cc(O)c3c(c2)CN(Cc2cccnc2)CCO3)s1. The molecule has 0 aliphatic carbocycles. The first-order chi connectivity index (χ1) is 12.2. The van der Waals surface area contributed by atoms with Crippen molar-refractivity contribution in [2.45, 2.75) is 20.0 Å². The molecule has 4 rings (SSSR count). The van der Waals surface area contributed by atoms with E-state index < -0.39 is 0 Å². The molecule has 0 radical (unpaired) electrons. The Morgan fingerprint density at radius 2 is 2.20 bits per heavy atom. The smallest absolute Gasteiger partial charge is 0.165 e. The Bertz CT molecular complexity index is 877. The van der Waals surface area contributed by atoms with Gasteiger partial charge in [-0.25, -0.2) is 0 Å². The normalized spacial score (nSPS) is 14.6. The molecule has 4 nitrogen and oxygen atoms in total. The number of pyridine rings is 1. The van der Waals surface area contributed by atoms with Crippen LogP contribution in [0.5, 0.6) is 11.5 Å². The molecular formula is C20H20N2O2S. The molecule has 0 fully saturated rings. The van der Waals surface area contributed by atoms with Crippen molar-refractivity contribution < 1.29 is 9.84 Å². The van der Waals surface area contributed by atoms with Crippen LogP contribution < -0.4 is 4.74 Å². The van der Waals surface area contributed by atoms with Gasteiger partial charge >= 0.3 is 0 Å². The van der Waals surface area contributed by atoms with E-state index in [9.17, 15) is 5.11 Å². The van der Waals surface area contributed by atoms with E-state index in [1.54, 1.807) is 23.6 Å². The zero-order valence-corrected chi connectivity index (χ0v) is 14.9. The Hall–Kier alpha value is -2.37. The molecule has 1 aromatic carbocycles. The lowest BCUT2D eigenvalue weighted by Gasteiger charge is -2.19. The Balaban J connectivity index is 1.64. The molecule has 0 unspecified atom stereocenters. The maximum Gasteiger partial charge on any atom is 0.165 e. The van der Waals surface area contributed by atoms with E-state index in [1.165, 1.54) is 15.3 Å². The van der Waals surface area contributed by atoms with E-state index in [-0.39, 0.29) is 5.75 Å². The first-order valence-electron chi connectivity index (χ1n) is 8.36. The van der Waals surface area contributed by atoms with Gasteiger partial charge in [0.05, 0.1) is 0 Å². The zero-order valence-electron chi connectivity index (χ0n) is 14.1. The number of phenolic OH excluding ortho intramolecular Hbond substituents is 1. The molecule has 1 aliphatic rings. The second-order valence-electron chi connectivity index (χ2n) is 6.31. The van der Waals surface area contributed by atoms with Gasteiger partial charge in [-0.05, 0) is 48.4 Å². The predicted octanol–water partition coefficient (Wildman–Crippen LogP) is 4.22. The summed E-state index contributed by atoms with van der Waals surface area (Å²) in [4.78, 5) is 8.95. The Morgan fingerprint density at radius 1 is 1.28 bits per heavy atom. The molecule has 1 aliphatic heterocycles. The van der Waals surface area contributed by atoms with Gasteiger partial charge in [0.1, 0.15) is 6.61 Å². The van der Waals surface area contributed by atoms with Gasteiger partial charge in [0, 0.05) is 47.3 Å². The largest absolute Gasteiger partial charge is 0.504 e. The molecule has 0 spiro atoms. The summed E-state index contributed by atoms with van der Waals surface area (Å²) in [7, 11) is 0. The summed E-state index contributed by atoms with van der Waals surface area (Å²) in [6.45, 7) is 5.04. The van der Waals surface area contributed by atoms with Crippen LogP contribution in [-0.2, 0) is 13.1 Å². The summed E-state index contributed by atoms with van der Waals surface area (Å²) in [6.07, 6.45) is 3.69. The van der Waals surface area contributed by atoms with Crippen LogP contribution in [0.2, 0.25) is 0 Å². The lowest BCUT2D eigenvalue weighted by Crippen LogP contribution is -2.25. The summed E-state index contributed by atoms with van der Waals surface area (Å²) in [5.74, 6) is 0.840. The highest BCUT2D eigenvalue weighted by molar-refractivity contribution is 7.15. The summed E-state index contributed by atoms with van der Waals surface area (Å²) in [5.41, 5.74) is 3.25. The standard InChI is InChI=1S/C20H20N2O2S/c1-14-4-5-19(25-14)16-9-17-13-22(12-15-3-2-6-21-11-15)7-8-24-20(17)18(23)10-16/h2-6,9-11,23H,7-8,12-13H2,1H3. The van der Waals surface area contributed by atoms with Gasteiger partial charge in [0.25, 0.3) is 0 Å². The van der Waals surface area contributed by atoms with Crippen molar-refractivity contribution in [1.29, 1.82) is 0 Å². The molecule has 128 valence electrons. The van der Waals surface area contributed by atoms with Crippen LogP contribution in [-0.4, -0.2) is 28.1 Å². The van der Waals surface area contributed by atoms with E-state index in [2.05, 4.69) is 41.1 Å². The highest BCUT2D eigenvalue weighted by Crippen LogP contribution is 2.39. The third-order valence-corrected chi connectivity index (χ3v) is 5.40. The van der Waals surface area contributed by atoms with Gasteiger partial charge in [-0.15, -0.1) is 11.3 Å². The number of thiophene rings is 1. The van der Waals surface area contributed by atoms with Crippen LogP contribution in [0.15, 0.2) is 48.8 Å². The first kappa shape index (κ1) is 16.1. The highest BCUT2D eigenvalue weighted by Gasteiger charge is 2.20. The van der Waals surface area contributed by atoms with Crippen LogP contribution >= 0.6 is 11.3 Å². The number of aromatic hydroxyl groups is 1. The van der Waals surface area contributed by atoms with Gasteiger partial charge in [0.2, 0.25) is 0 Å². The minimum absolute atomic E-state index is 0.224. The van der Waals surface area contributed by atoms with E-state index in [1.807, 2.05) is 12.3 Å². The third-order valence-electron chi connectivity index (χ3n) is 4.35. The Labute approximate surface area is 151 Å². The fourth-order valence-corrected chi connectivity index (χ4v) is 4.02. The van der Waals surface area contributed by atoms with Crippen molar-refractivity contribution in [3.05, 3.63) is 64.8 Å². The number of rotatable bonds is 3. The van der Waals surface area contributed by atoms with Crippen molar-refractivity contribution in [1.82, 2.24) is 9.88 Å². The second-order valence-corrected chi connectivity index (χ2v) is 7.60. The third kappa shape index (κ3) is 3.52. The van der Waals surface area contributed by atoms with Crippen molar-refractivity contribution >= 4 is 11.3 Å². The van der Waals surface area contributed by atoms with Crippen LogP contribution in [0, 0.1) is 6.92 Å². The Kier molecular flexibility index (Phi) is 4.42. The van der Waals surface area contributed by atoms with E-state index >= 15 is 0 Å². The second kappa shape index (κ2) is 6.86. The van der Waals surface area contributed by atoms with Gasteiger partial charge in [-0.2, -0.15) is 0 Å². The predicted molar refractivity (Wildman–Crippen MR) is 100 cm³/mol. The quantitative estimate of drug-likeness (QED) is 0.767. The summed E-state index contributed by atoms with van der Waals surface area (Å²) in [5, 5.41) is 10.5. The fraction of sp³-hybridized carbons (Fsp3) is 0.250. The molecule has 0 saturated carbocycles. The lowest BCUT2D eigenvalue weighted by molar-refractivity contribution is 0.217. The number of phenols is 1. The molecular weight excluding hydrogens is 332 g/mol. The molecule has 1 N–H and O–H groups in total. The summed E-state index contributed by atoms with van der Waals surface area (Å²) < 4.78 is 5.84. The molecule has 2 aromatic heterocycles. The lowest BCUT2D eigenvalue weighted by atomic mass is 10.1. The van der Waals surface area contributed by atoms with E-state index in [4.69, 9.17) is 4.74 Å². The number of ether oxygens (including phenoxy) is 1. The van der Waals surface area contributed by atoms with Crippen molar-refractivity contribution in [3.8, 4) is 21.9 Å². The number of hydrogen-bond acceptors (Lipinski definition) is 5. The molecule has 0 atom stereocenters. The average Bonchev–Trinajstić information content (AvgIpc) is 2.93. The van der Waals surface area contributed by atoms with Gasteiger partial charge in [-0.3, -0.25) is 9.88 Å². The van der Waals surface area contributed by atoms with Crippen LogP contribution in [0.1, 0.15) is 16.0 Å². The molecule has 0 amide bonds. The number of aryl methyl sites for hydroxylation is 1. The maximum absolute atomic E-state index is 10.5. The number of aromatic nitrogens is 1. The molecule has 0 bridgehead atoms. The monoisotopic (exact) mass is 352 g/mol. The van der Waals surface area contributed by atoms with Crippen LogP contribution in [0.4, 0.5) is 0 Å². The van der Waals surface area contributed by atoms with Crippen molar-refractivity contribution in [3.63, 3.8) is 0 Å². The van der Waals surface area contributed by atoms with Crippen LogP contribution in [0.25, 0.3) is 10.4 Å². The van der Waals surface area contributed by atoms with E-state index in [0.717, 1.165) is 30.8 Å². The minimum atomic E-state index is 0.224. The molecule has 3 heterocycles. The molecule has 5 heteroatoms. The number of hydrogen-bond donors (Lipinski definition) is 1. The van der Waals surface area contributed by atoms with Crippen molar-refractivity contribution in [2.24, 2.45) is 0 Å². The maximum atomic E-state index is 10.5. The van der Waals surface area contributed by atoms with Crippen molar-refractivity contribution in [2.75, 3.05) is 13.2 Å². The molecule has 25 heavy (non-hydrogen) atoms. The highest BCUT2D eigenvalue weighted by atomic mass is 32.1. The summed E-state index contributed by atoms with van der Waals surface area (Å²) in [6, 6.07) is 12.2. The molecule has 3 aromatic rings. The molecule has 0 saturated heterocycles. The zero-order chi connectivity index (χ0) is 17.2. The minimum Gasteiger partial charge on any atom is -0.504 e. The average molecular weight is 352 g/mol.